The first-order valence-electron chi connectivity index (χ1n) is 8.82. The molecule has 27 heavy (non-hydrogen) atoms. The van der Waals surface area contributed by atoms with Crippen LogP contribution in [-0.2, 0) is 0 Å². The van der Waals surface area contributed by atoms with Gasteiger partial charge in [0, 0.05) is 27.6 Å². The van der Waals surface area contributed by atoms with Gasteiger partial charge in [-0.05, 0) is 29.8 Å². The van der Waals surface area contributed by atoms with E-state index in [9.17, 15) is 0 Å². The SMILES string of the molecule is Clc1ccc2c(c1)[C@H]1CC(c3ccccc3)=NN1[C@@H](c1ccccc1Cl)O2. The van der Waals surface area contributed by atoms with Gasteiger partial charge in [0.2, 0.25) is 6.23 Å². The van der Waals surface area contributed by atoms with Crippen molar-refractivity contribution in [2.75, 3.05) is 0 Å². The highest BCUT2D eigenvalue weighted by Gasteiger charge is 2.41. The van der Waals surface area contributed by atoms with Crippen molar-refractivity contribution in [2.24, 2.45) is 5.10 Å². The number of benzene rings is 3. The quantitative estimate of drug-likeness (QED) is 0.513. The largest absolute Gasteiger partial charge is 0.464 e. The Morgan fingerprint density at radius 2 is 1.67 bits per heavy atom. The van der Waals surface area contributed by atoms with Gasteiger partial charge in [-0.15, -0.1) is 0 Å². The fourth-order valence-corrected chi connectivity index (χ4v) is 4.15. The highest BCUT2D eigenvalue weighted by molar-refractivity contribution is 6.31. The lowest BCUT2D eigenvalue weighted by atomic mass is 9.96. The third-order valence-electron chi connectivity index (χ3n) is 5.03. The minimum absolute atomic E-state index is 0.0592. The zero-order valence-corrected chi connectivity index (χ0v) is 15.9. The molecule has 2 heterocycles. The van der Waals surface area contributed by atoms with E-state index in [1.54, 1.807) is 0 Å². The Balaban J connectivity index is 1.64. The van der Waals surface area contributed by atoms with Gasteiger partial charge in [0.05, 0.1) is 11.8 Å². The second kappa shape index (κ2) is 6.59. The van der Waals surface area contributed by atoms with Crippen molar-refractivity contribution in [1.29, 1.82) is 0 Å². The zero-order chi connectivity index (χ0) is 18.4. The van der Waals surface area contributed by atoms with Gasteiger partial charge in [-0.1, -0.05) is 71.7 Å². The molecule has 2 aliphatic rings. The van der Waals surface area contributed by atoms with Gasteiger partial charge in [-0.3, -0.25) is 0 Å². The fourth-order valence-electron chi connectivity index (χ4n) is 3.74. The predicted molar refractivity (Wildman–Crippen MR) is 108 cm³/mol. The Labute approximate surface area is 167 Å². The molecule has 134 valence electrons. The van der Waals surface area contributed by atoms with Gasteiger partial charge in [-0.25, -0.2) is 5.01 Å². The van der Waals surface area contributed by atoms with Crippen LogP contribution in [0, 0.1) is 0 Å². The van der Waals surface area contributed by atoms with E-state index in [2.05, 4.69) is 12.1 Å². The summed E-state index contributed by atoms with van der Waals surface area (Å²) < 4.78 is 6.33. The Morgan fingerprint density at radius 1 is 0.889 bits per heavy atom. The van der Waals surface area contributed by atoms with E-state index in [4.69, 9.17) is 33.0 Å². The molecule has 0 aliphatic carbocycles. The minimum Gasteiger partial charge on any atom is -0.464 e. The first-order valence-corrected chi connectivity index (χ1v) is 9.58. The Morgan fingerprint density at radius 3 is 2.48 bits per heavy atom. The summed E-state index contributed by atoms with van der Waals surface area (Å²) in [6.45, 7) is 0. The lowest BCUT2D eigenvalue weighted by Crippen LogP contribution is -2.33. The van der Waals surface area contributed by atoms with Crippen molar-refractivity contribution >= 4 is 28.9 Å². The van der Waals surface area contributed by atoms with Crippen molar-refractivity contribution < 1.29 is 4.74 Å². The molecule has 0 aromatic heterocycles. The van der Waals surface area contributed by atoms with E-state index >= 15 is 0 Å². The van der Waals surface area contributed by atoms with Crippen LogP contribution in [0.15, 0.2) is 77.9 Å². The highest BCUT2D eigenvalue weighted by Crippen LogP contribution is 2.49. The molecule has 3 aromatic carbocycles. The lowest BCUT2D eigenvalue weighted by Gasteiger charge is -2.38. The number of hydrazone groups is 1. The molecule has 0 saturated carbocycles. The number of hydrogen-bond acceptors (Lipinski definition) is 3. The predicted octanol–water partition coefficient (Wildman–Crippen LogP) is 6.24. The van der Waals surface area contributed by atoms with Crippen molar-refractivity contribution in [1.82, 2.24) is 5.01 Å². The van der Waals surface area contributed by atoms with Crippen LogP contribution in [0.3, 0.4) is 0 Å². The Bertz CT molecular complexity index is 1040. The van der Waals surface area contributed by atoms with E-state index in [0.717, 1.165) is 34.6 Å². The molecule has 5 rings (SSSR count). The molecule has 2 atom stereocenters. The number of fused-ring (bicyclic) bond motifs is 3. The maximum absolute atomic E-state index is 6.48. The second-order valence-electron chi connectivity index (χ2n) is 6.69. The van der Waals surface area contributed by atoms with Crippen LogP contribution < -0.4 is 4.74 Å². The van der Waals surface area contributed by atoms with Crippen LogP contribution in [0.1, 0.15) is 35.4 Å². The Hall–Kier alpha value is -2.49. The molecule has 0 unspecified atom stereocenters. The molecule has 5 heteroatoms. The van der Waals surface area contributed by atoms with E-state index in [1.807, 2.05) is 65.7 Å². The summed E-state index contributed by atoms with van der Waals surface area (Å²) in [5.41, 5.74) is 4.12. The van der Waals surface area contributed by atoms with E-state index < -0.39 is 0 Å². The van der Waals surface area contributed by atoms with E-state index in [-0.39, 0.29) is 12.3 Å². The summed E-state index contributed by atoms with van der Waals surface area (Å²) in [5.74, 6) is 0.829. The Kier molecular flexibility index (Phi) is 4.07. The number of rotatable bonds is 2. The monoisotopic (exact) mass is 394 g/mol. The normalized spacial score (nSPS) is 20.5. The molecule has 3 nitrogen and oxygen atoms in total. The molecular formula is C22H16Cl2N2O. The summed E-state index contributed by atoms with van der Waals surface area (Å²) in [6, 6.07) is 23.8. The standard InChI is InChI=1S/C22H16Cl2N2O/c23-15-10-11-21-17(12-15)20-13-19(14-6-2-1-3-7-14)25-26(20)22(27-21)16-8-4-5-9-18(16)24/h1-12,20,22H,13H2/t20-,22-/m1/s1. The molecule has 0 saturated heterocycles. The second-order valence-corrected chi connectivity index (χ2v) is 7.53. The van der Waals surface area contributed by atoms with Gasteiger partial charge in [0.25, 0.3) is 0 Å². The summed E-state index contributed by atoms with van der Waals surface area (Å²) in [7, 11) is 0. The van der Waals surface area contributed by atoms with Crippen LogP contribution in [-0.4, -0.2) is 10.7 Å². The number of hydrogen-bond donors (Lipinski definition) is 0. The van der Waals surface area contributed by atoms with Gasteiger partial charge < -0.3 is 4.74 Å². The molecule has 3 aromatic rings. The lowest BCUT2D eigenvalue weighted by molar-refractivity contribution is -0.0189. The van der Waals surface area contributed by atoms with Crippen molar-refractivity contribution in [3.63, 3.8) is 0 Å². The van der Waals surface area contributed by atoms with Crippen molar-refractivity contribution in [3.05, 3.63) is 99.5 Å². The van der Waals surface area contributed by atoms with Crippen molar-refractivity contribution in [2.45, 2.75) is 18.7 Å². The summed E-state index contributed by atoms with van der Waals surface area (Å²) in [6.07, 6.45) is 0.417. The summed E-state index contributed by atoms with van der Waals surface area (Å²) in [5, 5.41) is 8.31. The first-order chi connectivity index (χ1) is 13.2. The highest BCUT2D eigenvalue weighted by atomic mass is 35.5. The molecule has 0 bridgehead atoms. The van der Waals surface area contributed by atoms with E-state index in [0.29, 0.717) is 10.0 Å². The van der Waals surface area contributed by atoms with E-state index in [1.165, 1.54) is 0 Å². The summed E-state index contributed by atoms with van der Waals surface area (Å²) in [4.78, 5) is 0. The topological polar surface area (TPSA) is 24.8 Å². The number of nitrogens with zero attached hydrogens (tertiary/aromatic N) is 2. The zero-order valence-electron chi connectivity index (χ0n) is 14.3. The van der Waals surface area contributed by atoms with Crippen LogP contribution in [0.25, 0.3) is 0 Å². The molecule has 0 radical (unpaired) electrons. The van der Waals surface area contributed by atoms with Crippen LogP contribution in [0.4, 0.5) is 0 Å². The van der Waals surface area contributed by atoms with Gasteiger partial charge in [0.15, 0.2) is 0 Å². The third-order valence-corrected chi connectivity index (χ3v) is 5.61. The van der Waals surface area contributed by atoms with Crippen LogP contribution in [0.2, 0.25) is 10.0 Å². The van der Waals surface area contributed by atoms with Crippen LogP contribution in [0.5, 0.6) is 5.75 Å². The molecule has 2 aliphatic heterocycles. The first kappa shape index (κ1) is 16.7. The molecule has 0 fully saturated rings. The van der Waals surface area contributed by atoms with Gasteiger partial charge >= 0.3 is 0 Å². The van der Waals surface area contributed by atoms with Crippen molar-refractivity contribution in [3.8, 4) is 5.75 Å². The molecule has 0 spiro atoms. The maximum atomic E-state index is 6.48. The van der Waals surface area contributed by atoms with Gasteiger partial charge in [0.1, 0.15) is 5.75 Å². The summed E-state index contributed by atoms with van der Waals surface area (Å²) >= 11 is 12.7. The van der Waals surface area contributed by atoms with Crippen LogP contribution >= 0.6 is 23.2 Å². The maximum Gasteiger partial charge on any atom is 0.215 e. The minimum atomic E-state index is -0.376. The fraction of sp³-hybridized carbons (Fsp3) is 0.136. The average molecular weight is 395 g/mol. The number of halogens is 2. The number of ether oxygens (including phenoxy) is 1. The molecule has 0 amide bonds. The molecule has 0 N–H and O–H groups in total. The smallest absolute Gasteiger partial charge is 0.215 e. The van der Waals surface area contributed by atoms with Gasteiger partial charge in [-0.2, -0.15) is 5.10 Å². The average Bonchev–Trinajstić information content (AvgIpc) is 3.15. The third kappa shape index (κ3) is 2.88. The molecular weight excluding hydrogens is 379 g/mol.